The van der Waals surface area contributed by atoms with Crippen molar-refractivity contribution in [2.45, 2.75) is 51.6 Å². The van der Waals surface area contributed by atoms with Crippen molar-refractivity contribution in [3.05, 3.63) is 70.5 Å². The summed E-state index contributed by atoms with van der Waals surface area (Å²) in [5, 5.41) is 3.57. The largest absolute Gasteiger partial charge is 0.352 e. The maximum Gasteiger partial charge on any atom is 0.242 e. The van der Waals surface area contributed by atoms with Gasteiger partial charge in [0.25, 0.3) is 0 Å². The van der Waals surface area contributed by atoms with Crippen molar-refractivity contribution >= 4 is 35.2 Å². The molecular formula is C23H28ClFN2O2S. The van der Waals surface area contributed by atoms with Crippen LogP contribution >= 0.6 is 23.4 Å². The van der Waals surface area contributed by atoms with Gasteiger partial charge in [0.1, 0.15) is 11.9 Å². The molecule has 2 aromatic rings. The Morgan fingerprint density at radius 2 is 1.80 bits per heavy atom. The van der Waals surface area contributed by atoms with Gasteiger partial charge in [0, 0.05) is 28.9 Å². The van der Waals surface area contributed by atoms with Crippen LogP contribution in [0.4, 0.5) is 4.39 Å². The van der Waals surface area contributed by atoms with Gasteiger partial charge >= 0.3 is 0 Å². The molecule has 7 heteroatoms. The molecule has 0 spiro atoms. The molecule has 2 amide bonds. The van der Waals surface area contributed by atoms with Crippen LogP contribution in [0.15, 0.2) is 48.5 Å². The summed E-state index contributed by atoms with van der Waals surface area (Å²) in [7, 11) is 0. The number of hydrogen-bond acceptors (Lipinski definition) is 3. The van der Waals surface area contributed by atoms with E-state index in [0.717, 1.165) is 12.0 Å². The van der Waals surface area contributed by atoms with Gasteiger partial charge in [0.2, 0.25) is 11.8 Å². The fourth-order valence-corrected chi connectivity index (χ4v) is 3.77. The monoisotopic (exact) mass is 450 g/mol. The summed E-state index contributed by atoms with van der Waals surface area (Å²) >= 11 is 7.35. The van der Waals surface area contributed by atoms with Crippen LogP contribution in [-0.4, -0.2) is 34.6 Å². The number of rotatable bonds is 10. The van der Waals surface area contributed by atoms with Crippen LogP contribution in [0.25, 0.3) is 0 Å². The lowest BCUT2D eigenvalue weighted by molar-refractivity contribution is -0.139. The Morgan fingerprint density at radius 1 is 1.13 bits per heavy atom. The molecule has 2 rings (SSSR count). The summed E-state index contributed by atoms with van der Waals surface area (Å²) in [4.78, 5) is 27.1. The van der Waals surface area contributed by atoms with Gasteiger partial charge in [0.05, 0.1) is 5.75 Å². The summed E-state index contributed by atoms with van der Waals surface area (Å²) in [6, 6.07) is 13.1. The van der Waals surface area contributed by atoms with Crippen molar-refractivity contribution in [2.24, 2.45) is 0 Å². The normalized spacial score (nSPS) is 12.8. The van der Waals surface area contributed by atoms with Gasteiger partial charge in [-0.1, -0.05) is 48.9 Å². The summed E-state index contributed by atoms with van der Waals surface area (Å²) in [5.41, 5.74) is 1.44. The van der Waals surface area contributed by atoms with Gasteiger partial charge in [-0.2, -0.15) is 0 Å². The van der Waals surface area contributed by atoms with Crippen molar-refractivity contribution < 1.29 is 14.0 Å². The molecule has 2 atom stereocenters. The fourth-order valence-electron chi connectivity index (χ4n) is 2.78. The van der Waals surface area contributed by atoms with E-state index in [9.17, 15) is 14.0 Å². The van der Waals surface area contributed by atoms with E-state index in [0.29, 0.717) is 16.3 Å². The predicted molar refractivity (Wildman–Crippen MR) is 122 cm³/mol. The van der Waals surface area contributed by atoms with E-state index in [4.69, 9.17) is 11.6 Å². The Bertz CT molecular complexity index is 847. The summed E-state index contributed by atoms with van der Waals surface area (Å²) in [5.74, 6) is 0.00136. The third kappa shape index (κ3) is 7.33. The van der Waals surface area contributed by atoms with E-state index < -0.39 is 11.9 Å². The number of carbonyl (C=O) groups is 2. The first-order chi connectivity index (χ1) is 14.3. The number of benzene rings is 2. The molecule has 0 aliphatic carbocycles. The number of carbonyl (C=O) groups excluding carboxylic acids is 2. The second-order valence-electron chi connectivity index (χ2n) is 7.23. The summed E-state index contributed by atoms with van der Waals surface area (Å²) < 4.78 is 14.2. The smallest absolute Gasteiger partial charge is 0.242 e. The fraction of sp³-hybridized carbons (Fsp3) is 0.391. The molecule has 0 aliphatic rings. The summed E-state index contributed by atoms with van der Waals surface area (Å²) in [6.45, 7) is 5.61. The Kier molecular flexibility index (Phi) is 9.66. The first-order valence-electron chi connectivity index (χ1n) is 9.97. The van der Waals surface area contributed by atoms with Gasteiger partial charge in [0.15, 0.2) is 0 Å². The van der Waals surface area contributed by atoms with Crippen LogP contribution in [0.5, 0.6) is 0 Å². The second-order valence-corrected chi connectivity index (χ2v) is 8.65. The predicted octanol–water partition coefficient (Wildman–Crippen LogP) is 5.04. The van der Waals surface area contributed by atoms with Crippen LogP contribution in [0.3, 0.4) is 0 Å². The summed E-state index contributed by atoms with van der Waals surface area (Å²) in [6.07, 6.45) is 0.788. The minimum absolute atomic E-state index is 0.00430. The van der Waals surface area contributed by atoms with Crippen LogP contribution in [0, 0.1) is 5.82 Å². The molecule has 0 aliphatic heterocycles. The lowest BCUT2D eigenvalue weighted by Crippen LogP contribution is -2.50. The number of halogens is 2. The van der Waals surface area contributed by atoms with E-state index in [1.165, 1.54) is 22.7 Å². The number of amides is 2. The Hall–Kier alpha value is -2.05. The van der Waals surface area contributed by atoms with Gasteiger partial charge in [-0.25, -0.2) is 4.39 Å². The third-order valence-corrected chi connectivity index (χ3v) is 6.11. The minimum atomic E-state index is -0.706. The molecule has 0 bridgehead atoms. The third-order valence-electron chi connectivity index (χ3n) is 4.87. The van der Waals surface area contributed by atoms with Crippen molar-refractivity contribution in [1.82, 2.24) is 10.2 Å². The molecule has 0 fully saturated rings. The number of thioether (sulfide) groups is 1. The zero-order chi connectivity index (χ0) is 22.1. The van der Waals surface area contributed by atoms with E-state index in [1.54, 1.807) is 25.1 Å². The SMILES string of the molecule is CC[C@@H](C)NC(=O)[C@H](C)N(Cc1ccccc1F)C(=O)CSCc1ccc(Cl)cc1. The van der Waals surface area contributed by atoms with E-state index in [1.807, 2.05) is 38.1 Å². The average molecular weight is 451 g/mol. The first kappa shape index (κ1) is 24.2. The molecule has 0 heterocycles. The molecule has 0 unspecified atom stereocenters. The average Bonchev–Trinajstić information content (AvgIpc) is 2.73. The van der Waals surface area contributed by atoms with E-state index in [2.05, 4.69) is 5.32 Å². The standard InChI is InChI=1S/C23H28ClFN2O2S/c1-4-16(2)26-23(29)17(3)27(13-19-7-5-6-8-21(19)25)22(28)15-30-14-18-9-11-20(24)12-10-18/h5-12,16-17H,4,13-15H2,1-3H3,(H,26,29)/t16-,17+/m1/s1. The Morgan fingerprint density at radius 3 is 2.43 bits per heavy atom. The highest BCUT2D eigenvalue weighted by molar-refractivity contribution is 7.99. The minimum Gasteiger partial charge on any atom is -0.352 e. The van der Waals surface area contributed by atoms with Crippen molar-refractivity contribution in [3.8, 4) is 0 Å². The zero-order valence-corrected chi connectivity index (χ0v) is 19.1. The Labute approximate surface area is 187 Å². The molecular weight excluding hydrogens is 423 g/mol. The topological polar surface area (TPSA) is 49.4 Å². The van der Waals surface area contributed by atoms with E-state index >= 15 is 0 Å². The van der Waals surface area contributed by atoms with Crippen LogP contribution in [0.1, 0.15) is 38.3 Å². The van der Waals surface area contributed by atoms with Crippen LogP contribution < -0.4 is 5.32 Å². The van der Waals surface area contributed by atoms with Crippen LogP contribution in [0.2, 0.25) is 5.02 Å². The Balaban J connectivity index is 2.08. The van der Waals surface area contributed by atoms with Crippen LogP contribution in [-0.2, 0) is 21.9 Å². The molecule has 0 aromatic heterocycles. The van der Waals surface area contributed by atoms with Crippen molar-refractivity contribution in [3.63, 3.8) is 0 Å². The molecule has 0 radical (unpaired) electrons. The highest BCUT2D eigenvalue weighted by Gasteiger charge is 2.27. The molecule has 30 heavy (non-hydrogen) atoms. The molecule has 2 aromatic carbocycles. The van der Waals surface area contributed by atoms with Gasteiger partial charge in [-0.3, -0.25) is 9.59 Å². The van der Waals surface area contributed by atoms with Gasteiger partial charge < -0.3 is 10.2 Å². The maximum absolute atomic E-state index is 14.2. The molecule has 162 valence electrons. The highest BCUT2D eigenvalue weighted by atomic mass is 35.5. The number of hydrogen-bond donors (Lipinski definition) is 1. The van der Waals surface area contributed by atoms with E-state index in [-0.39, 0.29) is 30.2 Å². The lowest BCUT2D eigenvalue weighted by atomic mass is 10.1. The highest BCUT2D eigenvalue weighted by Crippen LogP contribution is 2.18. The van der Waals surface area contributed by atoms with Crippen molar-refractivity contribution in [2.75, 3.05) is 5.75 Å². The number of nitrogens with zero attached hydrogens (tertiary/aromatic N) is 1. The molecule has 1 N–H and O–H groups in total. The second kappa shape index (κ2) is 12.0. The maximum atomic E-state index is 14.2. The quantitative estimate of drug-likeness (QED) is 0.551. The zero-order valence-electron chi connectivity index (χ0n) is 17.5. The first-order valence-corrected chi connectivity index (χ1v) is 11.5. The van der Waals surface area contributed by atoms with Crippen molar-refractivity contribution in [1.29, 1.82) is 0 Å². The molecule has 0 saturated heterocycles. The lowest BCUT2D eigenvalue weighted by Gasteiger charge is -2.29. The number of nitrogens with one attached hydrogen (secondary N) is 1. The molecule has 4 nitrogen and oxygen atoms in total. The molecule has 0 saturated carbocycles. The van der Waals surface area contributed by atoms with Gasteiger partial charge in [-0.15, -0.1) is 11.8 Å². The van der Waals surface area contributed by atoms with Gasteiger partial charge in [-0.05, 0) is 44.0 Å².